The molecule has 0 bridgehead atoms. The molecule has 2 heterocycles. The van der Waals surface area contributed by atoms with Gasteiger partial charge in [-0.1, -0.05) is 0 Å². The molecule has 0 aliphatic carbocycles. The molecule has 0 spiro atoms. The van der Waals surface area contributed by atoms with Crippen molar-refractivity contribution in [3.63, 3.8) is 0 Å². The summed E-state index contributed by atoms with van der Waals surface area (Å²) in [5.41, 5.74) is 0.789. The molecule has 0 N–H and O–H groups in total. The zero-order chi connectivity index (χ0) is 15.0. The minimum atomic E-state index is -4.37. The molecule has 3 nitrogen and oxygen atoms in total. The van der Waals surface area contributed by atoms with Crippen molar-refractivity contribution in [2.45, 2.75) is 18.7 Å². The molecular weight excluding hydrogens is 281 g/mol. The summed E-state index contributed by atoms with van der Waals surface area (Å²) in [4.78, 5) is 4.13. The number of nitriles is 1. The van der Waals surface area contributed by atoms with Crippen molar-refractivity contribution in [2.75, 3.05) is 0 Å². The van der Waals surface area contributed by atoms with Crippen molar-refractivity contribution in [3.05, 3.63) is 58.9 Å². The van der Waals surface area contributed by atoms with Crippen LogP contribution >= 0.6 is 0 Å². The van der Waals surface area contributed by atoms with E-state index in [0.29, 0.717) is 29.0 Å². The van der Waals surface area contributed by atoms with Crippen LogP contribution in [0.25, 0.3) is 0 Å². The highest BCUT2D eigenvalue weighted by Crippen LogP contribution is 2.39. The summed E-state index contributed by atoms with van der Waals surface area (Å²) >= 11 is 0. The van der Waals surface area contributed by atoms with Gasteiger partial charge in [-0.3, -0.25) is 4.98 Å². The average Bonchev–Trinajstić information content (AvgIpc) is 2.89. The lowest BCUT2D eigenvalue weighted by molar-refractivity contribution is -0.137. The van der Waals surface area contributed by atoms with Crippen LogP contribution in [-0.4, -0.2) is 4.98 Å². The fraction of sp³-hybridized carbons (Fsp3) is 0.200. The Balaban J connectivity index is 1.89. The summed E-state index contributed by atoms with van der Waals surface area (Å²) in [7, 11) is 0. The molecule has 3 rings (SSSR count). The van der Waals surface area contributed by atoms with Crippen LogP contribution in [0.15, 0.2) is 36.5 Å². The first kappa shape index (κ1) is 13.4. The second kappa shape index (κ2) is 4.77. The van der Waals surface area contributed by atoms with Gasteiger partial charge >= 0.3 is 6.18 Å². The summed E-state index contributed by atoms with van der Waals surface area (Å²) in [6.07, 6.45) is -3.04. The standard InChI is InChI=1S/C15H9F3N2O/c16-15(17,18)11-1-2-13-10(6-11)7-14(21-13)12-5-9(8-19)3-4-20-12/h1-6,14H,7H2. The van der Waals surface area contributed by atoms with Crippen LogP contribution in [0, 0.1) is 11.3 Å². The molecule has 1 aliphatic rings. The lowest BCUT2D eigenvalue weighted by Gasteiger charge is -2.09. The number of rotatable bonds is 1. The smallest absolute Gasteiger partial charge is 0.416 e. The third-order valence-electron chi connectivity index (χ3n) is 3.30. The normalized spacial score (nSPS) is 17.0. The molecule has 6 heteroatoms. The quantitative estimate of drug-likeness (QED) is 0.805. The summed E-state index contributed by atoms with van der Waals surface area (Å²) in [5, 5.41) is 8.86. The van der Waals surface area contributed by atoms with Crippen LogP contribution in [0.4, 0.5) is 13.2 Å². The number of pyridine rings is 1. The van der Waals surface area contributed by atoms with E-state index in [2.05, 4.69) is 4.98 Å². The van der Waals surface area contributed by atoms with Crippen molar-refractivity contribution in [2.24, 2.45) is 0 Å². The van der Waals surface area contributed by atoms with E-state index in [-0.39, 0.29) is 0 Å². The zero-order valence-corrected chi connectivity index (χ0v) is 10.7. The first-order valence-corrected chi connectivity index (χ1v) is 6.20. The van der Waals surface area contributed by atoms with E-state index in [1.54, 1.807) is 12.1 Å². The Bertz CT molecular complexity index is 734. The van der Waals surface area contributed by atoms with E-state index in [0.717, 1.165) is 12.1 Å². The number of hydrogen-bond donors (Lipinski definition) is 0. The molecular formula is C15H9F3N2O. The van der Waals surface area contributed by atoms with Gasteiger partial charge in [-0.2, -0.15) is 18.4 Å². The second-order valence-electron chi connectivity index (χ2n) is 4.71. The van der Waals surface area contributed by atoms with Crippen molar-refractivity contribution < 1.29 is 17.9 Å². The fourth-order valence-corrected chi connectivity index (χ4v) is 2.28. The lowest BCUT2D eigenvalue weighted by atomic mass is 10.0. The van der Waals surface area contributed by atoms with Crippen molar-refractivity contribution in [1.82, 2.24) is 4.98 Å². The van der Waals surface area contributed by atoms with Crippen LogP contribution in [0.1, 0.15) is 28.5 Å². The molecule has 0 radical (unpaired) electrons. The number of benzene rings is 1. The SMILES string of the molecule is N#Cc1ccnc(C2Cc3cc(C(F)(F)F)ccc3O2)c1. The Morgan fingerprint density at radius 3 is 2.76 bits per heavy atom. The molecule has 2 aromatic rings. The Kier molecular flexibility index (Phi) is 3.05. The van der Waals surface area contributed by atoms with E-state index in [4.69, 9.17) is 10.00 Å². The second-order valence-corrected chi connectivity index (χ2v) is 4.71. The third-order valence-corrected chi connectivity index (χ3v) is 3.30. The predicted molar refractivity (Wildman–Crippen MR) is 67.5 cm³/mol. The first-order chi connectivity index (χ1) is 9.97. The minimum Gasteiger partial charge on any atom is -0.483 e. The molecule has 1 aromatic heterocycles. The fourth-order valence-electron chi connectivity index (χ4n) is 2.28. The van der Waals surface area contributed by atoms with Crippen LogP contribution in [-0.2, 0) is 12.6 Å². The molecule has 0 fully saturated rings. The number of nitrogens with zero attached hydrogens (tertiary/aromatic N) is 2. The molecule has 106 valence electrons. The van der Waals surface area contributed by atoms with Gasteiger partial charge in [-0.05, 0) is 35.9 Å². The highest BCUT2D eigenvalue weighted by atomic mass is 19.4. The molecule has 1 unspecified atom stereocenters. The van der Waals surface area contributed by atoms with Gasteiger partial charge in [0.1, 0.15) is 11.9 Å². The topological polar surface area (TPSA) is 45.9 Å². The summed E-state index contributed by atoms with van der Waals surface area (Å²) in [6, 6.07) is 8.57. The first-order valence-electron chi connectivity index (χ1n) is 6.20. The van der Waals surface area contributed by atoms with E-state index in [9.17, 15) is 13.2 Å². The highest BCUT2D eigenvalue weighted by Gasteiger charge is 2.33. The van der Waals surface area contributed by atoms with Gasteiger partial charge in [0.05, 0.1) is 22.9 Å². The molecule has 21 heavy (non-hydrogen) atoms. The maximum atomic E-state index is 12.7. The molecule has 0 saturated heterocycles. The van der Waals surface area contributed by atoms with Gasteiger partial charge < -0.3 is 4.74 Å². The number of ether oxygens (including phenoxy) is 1. The summed E-state index contributed by atoms with van der Waals surface area (Å²) in [6.45, 7) is 0. The average molecular weight is 290 g/mol. The number of hydrogen-bond acceptors (Lipinski definition) is 3. The van der Waals surface area contributed by atoms with Gasteiger partial charge in [0.2, 0.25) is 0 Å². The third kappa shape index (κ3) is 2.55. The van der Waals surface area contributed by atoms with Crippen LogP contribution < -0.4 is 4.74 Å². The van der Waals surface area contributed by atoms with E-state index < -0.39 is 17.8 Å². The van der Waals surface area contributed by atoms with Crippen molar-refractivity contribution >= 4 is 0 Å². The Morgan fingerprint density at radius 1 is 1.24 bits per heavy atom. The van der Waals surface area contributed by atoms with Crippen LogP contribution in [0.5, 0.6) is 5.75 Å². The Labute approximate surface area is 118 Å². The summed E-state index contributed by atoms with van der Waals surface area (Å²) < 4.78 is 43.7. The number of halogens is 3. The number of fused-ring (bicyclic) bond motifs is 1. The Hall–Kier alpha value is -2.55. The van der Waals surface area contributed by atoms with Crippen molar-refractivity contribution in [3.8, 4) is 11.8 Å². The van der Waals surface area contributed by atoms with Gasteiger partial charge in [0, 0.05) is 12.6 Å². The summed E-state index contributed by atoms with van der Waals surface area (Å²) in [5.74, 6) is 0.428. The lowest BCUT2D eigenvalue weighted by Crippen LogP contribution is -2.05. The van der Waals surface area contributed by atoms with Gasteiger partial charge in [-0.25, -0.2) is 0 Å². The van der Waals surface area contributed by atoms with E-state index in [1.165, 1.54) is 12.3 Å². The molecule has 1 aliphatic heterocycles. The molecule has 0 saturated carbocycles. The molecule has 1 aromatic carbocycles. The maximum absolute atomic E-state index is 12.7. The zero-order valence-electron chi connectivity index (χ0n) is 10.7. The maximum Gasteiger partial charge on any atom is 0.416 e. The van der Waals surface area contributed by atoms with Gasteiger partial charge in [0.15, 0.2) is 0 Å². The van der Waals surface area contributed by atoms with Crippen molar-refractivity contribution in [1.29, 1.82) is 5.26 Å². The van der Waals surface area contributed by atoms with Gasteiger partial charge in [0.25, 0.3) is 0 Å². The van der Waals surface area contributed by atoms with E-state index in [1.807, 2.05) is 6.07 Å². The largest absolute Gasteiger partial charge is 0.483 e. The number of aromatic nitrogens is 1. The molecule has 0 amide bonds. The molecule has 1 atom stereocenters. The monoisotopic (exact) mass is 290 g/mol. The highest BCUT2D eigenvalue weighted by molar-refractivity contribution is 5.43. The number of alkyl halides is 3. The van der Waals surface area contributed by atoms with E-state index >= 15 is 0 Å². The van der Waals surface area contributed by atoms with Crippen LogP contribution in [0.3, 0.4) is 0 Å². The van der Waals surface area contributed by atoms with Crippen LogP contribution in [0.2, 0.25) is 0 Å². The minimum absolute atomic E-state index is 0.307. The Morgan fingerprint density at radius 2 is 2.05 bits per heavy atom. The predicted octanol–water partition coefficient (Wildman–Crippen LogP) is 3.65. The van der Waals surface area contributed by atoms with Gasteiger partial charge in [-0.15, -0.1) is 0 Å².